The SMILES string of the molecule is CN[C@@H](C)C(=O)N[C@H](C(=O)N1CCC[C@H]1CN(CCc1ccccc1)C(=O)C#CC#CC(=O)N(C)CCc1ccccc1)C(C)(C)C. The first-order chi connectivity index (χ1) is 22.4. The standard InChI is InChI=1S/C38H49N5O4/c1-29(39-5)36(46)40-35(38(2,3)4)37(47)43-25-15-20-32(43)28-42(27-24-31-18-11-8-12-19-31)34(45)22-14-13-21-33(44)41(6)26-23-30-16-9-7-10-17-30/h7-12,16-19,29,32,35,39H,15,20,23-28H2,1-6H3,(H,40,46)/t29-,32-,35+/m0/s1. The first-order valence-corrected chi connectivity index (χ1v) is 16.3. The van der Waals surface area contributed by atoms with E-state index in [1.165, 1.54) is 4.90 Å². The van der Waals surface area contributed by atoms with Crippen LogP contribution in [0.5, 0.6) is 0 Å². The maximum Gasteiger partial charge on any atom is 0.299 e. The molecule has 3 atom stereocenters. The molecule has 1 fully saturated rings. The van der Waals surface area contributed by atoms with Crippen molar-refractivity contribution in [2.45, 2.75) is 71.5 Å². The summed E-state index contributed by atoms with van der Waals surface area (Å²) < 4.78 is 0. The van der Waals surface area contributed by atoms with Crippen molar-refractivity contribution in [1.29, 1.82) is 0 Å². The Morgan fingerprint density at radius 2 is 1.45 bits per heavy atom. The normalized spacial score (nSPS) is 15.3. The van der Waals surface area contributed by atoms with E-state index in [0.29, 0.717) is 39.0 Å². The van der Waals surface area contributed by atoms with Crippen molar-refractivity contribution in [2.75, 3.05) is 40.3 Å². The molecule has 3 rings (SSSR count). The third-order valence-electron chi connectivity index (χ3n) is 8.44. The number of carbonyl (C=O) groups is 4. The Balaban J connectivity index is 1.72. The highest BCUT2D eigenvalue weighted by Gasteiger charge is 2.40. The lowest BCUT2D eigenvalue weighted by molar-refractivity contribution is -0.141. The molecule has 250 valence electrons. The minimum absolute atomic E-state index is 0.154. The van der Waals surface area contributed by atoms with Gasteiger partial charge in [0.1, 0.15) is 6.04 Å². The van der Waals surface area contributed by atoms with Crippen LogP contribution in [0.1, 0.15) is 51.7 Å². The molecule has 9 heteroatoms. The van der Waals surface area contributed by atoms with Crippen LogP contribution in [-0.2, 0) is 32.0 Å². The fraction of sp³-hybridized carbons (Fsp3) is 0.474. The molecule has 0 aromatic heterocycles. The van der Waals surface area contributed by atoms with Gasteiger partial charge >= 0.3 is 0 Å². The van der Waals surface area contributed by atoms with Crippen molar-refractivity contribution >= 4 is 23.6 Å². The highest BCUT2D eigenvalue weighted by molar-refractivity contribution is 5.96. The molecule has 1 saturated heterocycles. The summed E-state index contributed by atoms with van der Waals surface area (Å²) in [5.41, 5.74) is 1.69. The van der Waals surface area contributed by atoms with Crippen LogP contribution in [0.4, 0.5) is 0 Å². The van der Waals surface area contributed by atoms with Crippen LogP contribution < -0.4 is 10.6 Å². The summed E-state index contributed by atoms with van der Waals surface area (Å²) in [6, 6.07) is 18.4. The van der Waals surface area contributed by atoms with Gasteiger partial charge in [-0.2, -0.15) is 0 Å². The Morgan fingerprint density at radius 1 is 0.894 bits per heavy atom. The van der Waals surface area contributed by atoms with E-state index in [9.17, 15) is 19.2 Å². The van der Waals surface area contributed by atoms with E-state index in [1.54, 1.807) is 30.8 Å². The monoisotopic (exact) mass is 639 g/mol. The Labute approximate surface area is 280 Å². The molecule has 2 aromatic carbocycles. The van der Waals surface area contributed by atoms with Crippen LogP contribution in [0, 0.1) is 29.1 Å². The maximum absolute atomic E-state index is 13.9. The van der Waals surface area contributed by atoms with Crippen molar-refractivity contribution < 1.29 is 19.2 Å². The average molecular weight is 640 g/mol. The molecular formula is C38H49N5O4. The Hall–Kier alpha value is -4.60. The first-order valence-electron chi connectivity index (χ1n) is 16.3. The van der Waals surface area contributed by atoms with Gasteiger partial charge < -0.3 is 25.3 Å². The number of nitrogens with one attached hydrogen (secondary N) is 2. The van der Waals surface area contributed by atoms with Crippen LogP contribution in [0.3, 0.4) is 0 Å². The molecule has 1 aliphatic heterocycles. The molecule has 47 heavy (non-hydrogen) atoms. The number of likely N-dealkylation sites (tertiary alicyclic amines) is 1. The Kier molecular flexibility index (Phi) is 14.1. The van der Waals surface area contributed by atoms with Crippen molar-refractivity contribution in [3.05, 3.63) is 71.8 Å². The topological polar surface area (TPSA) is 102 Å². The number of hydrogen-bond acceptors (Lipinski definition) is 5. The maximum atomic E-state index is 13.9. The second-order valence-corrected chi connectivity index (χ2v) is 13.1. The van der Waals surface area contributed by atoms with Gasteiger partial charge in [0.05, 0.1) is 6.04 Å². The Morgan fingerprint density at radius 3 is 2.00 bits per heavy atom. The van der Waals surface area contributed by atoms with E-state index >= 15 is 0 Å². The lowest BCUT2D eigenvalue weighted by Crippen LogP contribution is -2.59. The first kappa shape index (κ1) is 36.9. The smallest absolute Gasteiger partial charge is 0.299 e. The molecule has 0 bridgehead atoms. The zero-order valence-electron chi connectivity index (χ0n) is 28.6. The van der Waals surface area contributed by atoms with E-state index in [1.807, 2.05) is 81.4 Å². The Bertz CT molecular complexity index is 1480. The number of likely N-dealkylation sites (N-methyl/N-ethyl adjacent to an activating group) is 2. The van der Waals surface area contributed by atoms with Gasteiger partial charge in [-0.1, -0.05) is 81.4 Å². The van der Waals surface area contributed by atoms with Gasteiger partial charge in [0.2, 0.25) is 11.8 Å². The predicted octanol–water partition coefficient (Wildman–Crippen LogP) is 2.90. The fourth-order valence-corrected chi connectivity index (χ4v) is 5.35. The molecule has 0 saturated carbocycles. The largest absolute Gasteiger partial charge is 0.342 e. The van der Waals surface area contributed by atoms with Gasteiger partial charge in [0.15, 0.2) is 0 Å². The van der Waals surface area contributed by atoms with E-state index < -0.39 is 23.4 Å². The summed E-state index contributed by atoms with van der Waals surface area (Å²) in [6.45, 7) is 9.32. The van der Waals surface area contributed by atoms with E-state index in [0.717, 1.165) is 24.0 Å². The van der Waals surface area contributed by atoms with Gasteiger partial charge in [0.25, 0.3) is 11.8 Å². The number of amides is 4. The van der Waals surface area contributed by atoms with Gasteiger partial charge in [-0.15, -0.1) is 0 Å². The van der Waals surface area contributed by atoms with E-state index in [4.69, 9.17) is 0 Å². The van der Waals surface area contributed by atoms with Crippen molar-refractivity contribution in [3.63, 3.8) is 0 Å². The minimum Gasteiger partial charge on any atom is -0.342 e. The molecule has 2 N–H and O–H groups in total. The zero-order valence-corrected chi connectivity index (χ0v) is 28.6. The zero-order chi connectivity index (χ0) is 34.4. The molecule has 0 spiro atoms. The summed E-state index contributed by atoms with van der Waals surface area (Å²) in [6.07, 6.45) is 2.86. The summed E-state index contributed by atoms with van der Waals surface area (Å²) in [7, 11) is 3.39. The molecule has 4 amide bonds. The molecule has 0 radical (unpaired) electrons. The molecule has 1 aliphatic rings. The van der Waals surface area contributed by atoms with Crippen LogP contribution >= 0.6 is 0 Å². The molecule has 9 nitrogen and oxygen atoms in total. The van der Waals surface area contributed by atoms with Crippen LogP contribution in [0.15, 0.2) is 60.7 Å². The summed E-state index contributed by atoms with van der Waals surface area (Å²) in [5.74, 6) is 9.07. The molecule has 0 unspecified atom stereocenters. The van der Waals surface area contributed by atoms with E-state index in [-0.39, 0.29) is 23.8 Å². The lowest BCUT2D eigenvalue weighted by Gasteiger charge is -2.37. The van der Waals surface area contributed by atoms with Crippen molar-refractivity contribution in [2.24, 2.45) is 5.41 Å². The van der Waals surface area contributed by atoms with E-state index in [2.05, 4.69) is 34.3 Å². The molecule has 2 aromatic rings. The highest BCUT2D eigenvalue weighted by Crippen LogP contribution is 2.26. The summed E-state index contributed by atoms with van der Waals surface area (Å²) in [5, 5.41) is 5.88. The van der Waals surface area contributed by atoms with Gasteiger partial charge in [-0.25, -0.2) is 0 Å². The number of rotatable bonds is 12. The fourth-order valence-electron chi connectivity index (χ4n) is 5.35. The van der Waals surface area contributed by atoms with Crippen LogP contribution in [-0.4, -0.2) is 96.7 Å². The number of carbonyl (C=O) groups excluding carboxylic acids is 4. The van der Waals surface area contributed by atoms with Crippen molar-refractivity contribution in [3.8, 4) is 23.7 Å². The van der Waals surface area contributed by atoms with Gasteiger partial charge in [-0.3, -0.25) is 19.2 Å². The number of nitrogens with zero attached hydrogens (tertiary/aromatic N) is 3. The number of benzene rings is 2. The molecule has 1 heterocycles. The summed E-state index contributed by atoms with van der Waals surface area (Å²) >= 11 is 0. The van der Waals surface area contributed by atoms with Crippen molar-refractivity contribution in [1.82, 2.24) is 25.3 Å². The molecule has 0 aliphatic carbocycles. The van der Waals surface area contributed by atoms with Crippen LogP contribution in [0.25, 0.3) is 0 Å². The third-order valence-corrected chi connectivity index (χ3v) is 8.44. The average Bonchev–Trinajstić information content (AvgIpc) is 3.53. The third kappa shape index (κ3) is 11.6. The number of hydrogen-bond donors (Lipinski definition) is 2. The van der Waals surface area contributed by atoms with Gasteiger partial charge in [0, 0.05) is 51.1 Å². The second-order valence-electron chi connectivity index (χ2n) is 13.1. The quantitative estimate of drug-likeness (QED) is 0.348. The highest BCUT2D eigenvalue weighted by atomic mass is 16.2. The second kappa shape index (κ2) is 17.9. The van der Waals surface area contributed by atoms with Crippen LogP contribution in [0.2, 0.25) is 0 Å². The summed E-state index contributed by atoms with van der Waals surface area (Å²) in [4.78, 5) is 57.7. The minimum atomic E-state index is -0.724. The molecular weight excluding hydrogens is 590 g/mol. The lowest BCUT2D eigenvalue weighted by atomic mass is 9.85. The predicted molar refractivity (Wildman–Crippen MR) is 185 cm³/mol. The van der Waals surface area contributed by atoms with Gasteiger partial charge in [-0.05, 0) is 68.0 Å².